The molecule has 0 bridgehead atoms. The molecule has 0 aliphatic heterocycles. The quantitative estimate of drug-likeness (QED) is 0.651. The van der Waals surface area contributed by atoms with Gasteiger partial charge in [-0.2, -0.15) is 13.2 Å². The number of nitro groups is 1. The predicted molar refractivity (Wildman–Crippen MR) is 83.4 cm³/mol. The Labute approximate surface area is 140 Å². The van der Waals surface area contributed by atoms with E-state index in [-0.39, 0.29) is 22.7 Å². The molecule has 0 radical (unpaired) electrons. The lowest BCUT2D eigenvalue weighted by Gasteiger charge is -2.14. The molecule has 0 unspecified atom stereocenters. The average Bonchev–Trinajstić information content (AvgIpc) is 2.53. The molecule has 2 aromatic rings. The van der Waals surface area contributed by atoms with Gasteiger partial charge >= 0.3 is 6.18 Å². The second kappa shape index (κ2) is 7.20. The number of para-hydroxylation sites is 1. The Morgan fingerprint density at radius 3 is 2.52 bits per heavy atom. The standard InChI is InChI=1S/C16H13F3N2O4/c1-10-13(21(23)24)7-4-8-14(10)25-9-15(22)20-12-6-3-2-5-11(12)16(17,18)19/h2-8H,9H2,1H3,(H,20,22). The van der Waals surface area contributed by atoms with Crippen LogP contribution in [0.5, 0.6) is 5.75 Å². The number of benzene rings is 2. The molecule has 0 aromatic heterocycles. The molecular formula is C16H13F3N2O4. The molecule has 132 valence electrons. The number of halogens is 3. The van der Waals surface area contributed by atoms with Crippen LogP contribution < -0.4 is 10.1 Å². The molecule has 2 aromatic carbocycles. The van der Waals surface area contributed by atoms with Crippen LogP contribution in [0, 0.1) is 17.0 Å². The predicted octanol–water partition coefficient (Wildman–Crippen LogP) is 3.94. The minimum atomic E-state index is -4.61. The minimum Gasteiger partial charge on any atom is -0.483 e. The number of anilines is 1. The molecule has 1 N–H and O–H groups in total. The van der Waals surface area contributed by atoms with Gasteiger partial charge in [-0.15, -0.1) is 0 Å². The SMILES string of the molecule is Cc1c(OCC(=O)Nc2ccccc2C(F)(F)F)cccc1[N+](=O)[O-]. The van der Waals surface area contributed by atoms with Gasteiger partial charge in [0, 0.05) is 6.07 Å². The molecule has 0 aliphatic carbocycles. The molecule has 0 saturated heterocycles. The van der Waals surface area contributed by atoms with E-state index in [0.29, 0.717) is 0 Å². The van der Waals surface area contributed by atoms with Gasteiger partial charge in [-0.05, 0) is 25.1 Å². The van der Waals surface area contributed by atoms with E-state index >= 15 is 0 Å². The zero-order valence-corrected chi connectivity index (χ0v) is 13.0. The smallest absolute Gasteiger partial charge is 0.418 e. The second-order valence-electron chi connectivity index (χ2n) is 5.04. The summed E-state index contributed by atoms with van der Waals surface area (Å²) in [6.07, 6.45) is -4.61. The summed E-state index contributed by atoms with van der Waals surface area (Å²) in [7, 11) is 0. The van der Waals surface area contributed by atoms with Crippen molar-refractivity contribution in [3.63, 3.8) is 0 Å². The third-order valence-electron chi connectivity index (χ3n) is 3.32. The number of nitrogens with one attached hydrogen (secondary N) is 1. The summed E-state index contributed by atoms with van der Waals surface area (Å²) in [6, 6.07) is 8.64. The highest BCUT2D eigenvalue weighted by molar-refractivity contribution is 5.92. The number of amides is 1. The fourth-order valence-corrected chi connectivity index (χ4v) is 2.13. The summed E-state index contributed by atoms with van der Waals surface area (Å²) in [4.78, 5) is 22.1. The van der Waals surface area contributed by atoms with E-state index in [1.165, 1.54) is 37.3 Å². The molecule has 2 rings (SSSR count). The van der Waals surface area contributed by atoms with E-state index in [0.717, 1.165) is 12.1 Å². The van der Waals surface area contributed by atoms with Gasteiger partial charge in [-0.25, -0.2) is 0 Å². The zero-order valence-electron chi connectivity index (χ0n) is 13.0. The Kier molecular flexibility index (Phi) is 5.26. The summed E-state index contributed by atoms with van der Waals surface area (Å²) in [5.74, 6) is -0.712. The van der Waals surface area contributed by atoms with E-state index < -0.39 is 29.2 Å². The zero-order chi connectivity index (χ0) is 18.6. The van der Waals surface area contributed by atoms with E-state index in [4.69, 9.17) is 4.74 Å². The highest BCUT2D eigenvalue weighted by Gasteiger charge is 2.33. The number of nitrogens with zero attached hydrogens (tertiary/aromatic N) is 1. The molecule has 0 aliphatic rings. The molecule has 0 spiro atoms. The number of hydrogen-bond acceptors (Lipinski definition) is 4. The first-order valence-electron chi connectivity index (χ1n) is 7.03. The number of hydrogen-bond donors (Lipinski definition) is 1. The summed E-state index contributed by atoms with van der Waals surface area (Å²) in [5, 5.41) is 13.0. The van der Waals surface area contributed by atoms with Crippen molar-refractivity contribution in [3.8, 4) is 5.75 Å². The van der Waals surface area contributed by atoms with E-state index in [2.05, 4.69) is 5.32 Å². The fraction of sp³-hybridized carbons (Fsp3) is 0.188. The first-order valence-corrected chi connectivity index (χ1v) is 7.03. The van der Waals surface area contributed by atoms with Gasteiger partial charge in [0.25, 0.3) is 11.6 Å². The van der Waals surface area contributed by atoms with Gasteiger partial charge in [-0.1, -0.05) is 18.2 Å². The third-order valence-corrected chi connectivity index (χ3v) is 3.32. The minimum absolute atomic E-state index is 0.105. The van der Waals surface area contributed by atoms with Crippen LogP contribution >= 0.6 is 0 Å². The van der Waals surface area contributed by atoms with Crippen molar-refractivity contribution in [2.75, 3.05) is 11.9 Å². The van der Waals surface area contributed by atoms with Crippen LogP contribution in [-0.2, 0) is 11.0 Å². The van der Waals surface area contributed by atoms with Crippen LogP contribution in [0.1, 0.15) is 11.1 Å². The molecule has 25 heavy (non-hydrogen) atoms. The molecular weight excluding hydrogens is 341 g/mol. The van der Waals surface area contributed by atoms with Gasteiger partial charge in [0.05, 0.1) is 21.7 Å². The highest BCUT2D eigenvalue weighted by Crippen LogP contribution is 2.34. The van der Waals surface area contributed by atoms with Crippen LogP contribution in [0.4, 0.5) is 24.5 Å². The maximum absolute atomic E-state index is 12.9. The monoisotopic (exact) mass is 354 g/mol. The van der Waals surface area contributed by atoms with Crippen LogP contribution in [0.15, 0.2) is 42.5 Å². The van der Waals surface area contributed by atoms with E-state index in [1.54, 1.807) is 0 Å². The number of ether oxygens (including phenoxy) is 1. The molecule has 6 nitrogen and oxygen atoms in total. The van der Waals surface area contributed by atoms with Crippen molar-refractivity contribution >= 4 is 17.3 Å². The topological polar surface area (TPSA) is 81.5 Å². The first-order chi connectivity index (χ1) is 11.7. The van der Waals surface area contributed by atoms with Crippen LogP contribution in [-0.4, -0.2) is 17.4 Å². The Bertz CT molecular complexity index is 806. The van der Waals surface area contributed by atoms with Gasteiger partial charge in [0.2, 0.25) is 0 Å². The number of rotatable bonds is 5. The van der Waals surface area contributed by atoms with Gasteiger partial charge < -0.3 is 10.1 Å². The summed E-state index contributed by atoms with van der Waals surface area (Å²) in [5.41, 5.74) is -1.33. The van der Waals surface area contributed by atoms with Crippen molar-refractivity contribution in [1.82, 2.24) is 0 Å². The lowest BCUT2D eigenvalue weighted by Crippen LogP contribution is -2.22. The molecule has 0 atom stereocenters. The number of carbonyl (C=O) groups is 1. The van der Waals surface area contributed by atoms with E-state index in [9.17, 15) is 28.1 Å². The van der Waals surface area contributed by atoms with Crippen LogP contribution in [0.2, 0.25) is 0 Å². The fourth-order valence-electron chi connectivity index (χ4n) is 2.13. The lowest BCUT2D eigenvalue weighted by molar-refractivity contribution is -0.385. The largest absolute Gasteiger partial charge is 0.483 e. The summed E-state index contributed by atoms with van der Waals surface area (Å²) in [6.45, 7) is 0.860. The maximum Gasteiger partial charge on any atom is 0.418 e. The summed E-state index contributed by atoms with van der Waals surface area (Å²) >= 11 is 0. The van der Waals surface area contributed by atoms with Crippen LogP contribution in [0.25, 0.3) is 0 Å². The van der Waals surface area contributed by atoms with Gasteiger partial charge in [-0.3, -0.25) is 14.9 Å². The second-order valence-corrected chi connectivity index (χ2v) is 5.04. The maximum atomic E-state index is 12.9. The number of nitro benzene ring substituents is 1. The molecule has 0 saturated carbocycles. The van der Waals surface area contributed by atoms with Gasteiger partial charge in [0.15, 0.2) is 6.61 Å². The Hall–Kier alpha value is -3.10. The first kappa shape index (κ1) is 18.2. The Balaban J connectivity index is 2.08. The highest BCUT2D eigenvalue weighted by atomic mass is 19.4. The van der Waals surface area contributed by atoms with Crippen molar-refractivity contribution < 1.29 is 27.6 Å². The molecule has 1 amide bonds. The van der Waals surface area contributed by atoms with E-state index in [1.807, 2.05) is 0 Å². The normalized spacial score (nSPS) is 11.0. The van der Waals surface area contributed by atoms with Crippen molar-refractivity contribution in [2.45, 2.75) is 13.1 Å². The van der Waals surface area contributed by atoms with Crippen molar-refractivity contribution in [1.29, 1.82) is 0 Å². The Morgan fingerprint density at radius 1 is 1.20 bits per heavy atom. The lowest BCUT2D eigenvalue weighted by atomic mass is 10.1. The van der Waals surface area contributed by atoms with Crippen molar-refractivity contribution in [3.05, 3.63) is 63.7 Å². The number of alkyl halides is 3. The van der Waals surface area contributed by atoms with Crippen LogP contribution in [0.3, 0.4) is 0 Å². The van der Waals surface area contributed by atoms with Crippen molar-refractivity contribution in [2.24, 2.45) is 0 Å². The molecule has 0 fully saturated rings. The number of carbonyl (C=O) groups excluding carboxylic acids is 1. The molecule has 0 heterocycles. The third kappa shape index (κ3) is 4.46. The summed E-state index contributed by atoms with van der Waals surface area (Å²) < 4.78 is 43.8. The average molecular weight is 354 g/mol. The Morgan fingerprint density at radius 2 is 1.88 bits per heavy atom. The molecule has 9 heteroatoms. The van der Waals surface area contributed by atoms with Gasteiger partial charge in [0.1, 0.15) is 5.75 Å².